The summed E-state index contributed by atoms with van der Waals surface area (Å²) < 4.78 is 1.76. The van der Waals surface area contributed by atoms with E-state index in [0.29, 0.717) is 6.54 Å². The van der Waals surface area contributed by atoms with Crippen molar-refractivity contribution in [3.63, 3.8) is 0 Å². The van der Waals surface area contributed by atoms with Crippen LogP contribution in [0.3, 0.4) is 0 Å². The van der Waals surface area contributed by atoms with Gasteiger partial charge in [-0.25, -0.2) is 4.98 Å². The van der Waals surface area contributed by atoms with E-state index in [0.717, 1.165) is 16.6 Å². The predicted molar refractivity (Wildman–Crippen MR) is 76.3 cm³/mol. The van der Waals surface area contributed by atoms with Crippen molar-refractivity contribution in [1.82, 2.24) is 9.55 Å². The summed E-state index contributed by atoms with van der Waals surface area (Å²) in [7, 11) is 0. The van der Waals surface area contributed by atoms with E-state index in [1.54, 1.807) is 4.57 Å². The highest BCUT2D eigenvalue weighted by Gasteiger charge is 2.04. The standard InChI is InChI=1S/C16H14N2O/c1-12-6-8-13(9-7-12)11-18-15-5-3-2-4-14(15)17-10-16(18)19/h2-10H,11H2,1H3. The van der Waals surface area contributed by atoms with Gasteiger partial charge in [-0.05, 0) is 24.6 Å². The Morgan fingerprint density at radius 1 is 1.05 bits per heavy atom. The number of benzene rings is 2. The highest BCUT2D eigenvalue weighted by Crippen LogP contribution is 2.11. The molecular formula is C16H14N2O. The molecule has 2 aromatic carbocycles. The molecule has 94 valence electrons. The van der Waals surface area contributed by atoms with Crippen molar-refractivity contribution < 1.29 is 0 Å². The van der Waals surface area contributed by atoms with Crippen LogP contribution in [0.1, 0.15) is 11.1 Å². The summed E-state index contributed by atoms with van der Waals surface area (Å²) in [6, 6.07) is 15.9. The molecular weight excluding hydrogens is 236 g/mol. The molecule has 0 aliphatic carbocycles. The number of para-hydroxylation sites is 2. The number of rotatable bonds is 2. The Hall–Kier alpha value is -2.42. The van der Waals surface area contributed by atoms with Crippen LogP contribution in [-0.4, -0.2) is 9.55 Å². The summed E-state index contributed by atoms with van der Waals surface area (Å²) >= 11 is 0. The molecule has 0 atom stereocenters. The zero-order valence-corrected chi connectivity index (χ0v) is 10.7. The highest BCUT2D eigenvalue weighted by atomic mass is 16.1. The van der Waals surface area contributed by atoms with Crippen LogP contribution in [0.15, 0.2) is 59.5 Å². The van der Waals surface area contributed by atoms with E-state index < -0.39 is 0 Å². The molecule has 0 saturated heterocycles. The Balaban J connectivity index is 2.12. The second-order valence-corrected chi connectivity index (χ2v) is 4.66. The first-order chi connectivity index (χ1) is 9.24. The predicted octanol–water partition coefficient (Wildman–Crippen LogP) is 2.75. The fourth-order valence-corrected chi connectivity index (χ4v) is 2.15. The van der Waals surface area contributed by atoms with E-state index in [1.165, 1.54) is 11.8 Å². The van der Waals surface area contributed by atoms with E-state index in [1.807, 2.05) is 24.3 Å². The average Bonchev–Trinajstić information content (AvgIpc) is 2.44. The lowest BCUT2D eigenvalue weighted by Crippen LogP contribution is -2.21. The lowest BCUT2D eigenvalue weighted by molar-refractivity contribution is 0.786. The highest BCUT2D eigenvalue weighted by molar-refractivity contribution is 5.74. The lowest BCUT2D eigenvalue weighted by atomic mass is 10.1. The van der Waals surface area contributed by atoms with E-state index >= 15 is 0 Å². The van der Waals surface area contributed by atoms with Crippen molar-refractivity contribution in [3.8, 4) is 0 Å². The minimum absolute atomic E-state index is 0.0701. The third-order valence-electron chi connectivity index (χ3n) is 3.21. The van der Waals surface area contributed by atoms with Crippen molar-refractivity contribution in [2.24, 2.45) is 0 Å². The molecule has 19 heavy (non-hydrogen) atoms. The molecule has 0 N–H and O–H groups in total. The summed E-state index contributed by atoms with van der Waals surface area (Å²) in [5, 5.41) is 0. The summed E-state index contributed by atoms with van der Waals surface area (Å²) in [5.41, 5.74) is 3.98. The molecule has 0 spiro atoms. The zero-order valence-electron chi connectivity index (χ0n) is 10.7. The van der Waals surface area contributed by atoms with Gasteiger partial charge in [0.2, 0.25) is 0 Å². The SMILES string of the molecule is Cc1ccc(Cn2c(=O)cnc3ccccc32)cc1. The van der Waals surface area contributed by atoms with E-state index in [-0.39, 0.29) is 5.56 Å². The van der Waals surface area contributed by atoms with E-state index in [4.69, 9.17) is 0 Å². The van der Waals surface area contributed by atoms with Crippen molar-refractivity contribution >= 4 is 11.0 Å². The Labute approximate surface area is 111 Å². The molecule has 0 saturated carbocycles. The molecule has 0 unspecified atom stereocenters. The third-order valence-corrected chi connectivity index (χ3v) is 3.21. The zero-order chi connectivity index (χ0) is 13.2. The Morgan fingerprint density at radius 3 is 2.58 bits per heavy atom. The van der Waals surface area contributed by atoms with Gasteiger partial charge in [-0.15, -0.1) is 0 Å². The van der Waals surface area contributed by atoms with Crippen LogP contribution in [0.4, 0.5) is 0 Å². The van der Waals surface area contributed by atoms with Crippen LogP contribution in [0.25, 0.3) is 11.0 Å². The normalized spacial score (nSPS) is 10.8. The summed E-state index contributed by atoms with van der Waals surface area (Å²) in [6.45, 7) is 2.62. The molecule has 0 radical (unpaired) electrons. The van der Waals surface area contributed by atoms with Gasteiger partial charge < -0.3 is 4.57 Å². The van der Waals surface area contributed by atoms with Gasteiger partial charge in [0.05, 0.1) is 23.8 Å². The van der Waals surface area contributed by atoms with E-state index in [9.17, 15) is 4.79 Å². The Morgan fingerprint density at radius 2 is 1.79 bits per heavy atom. The van der Waals surface area contributed by atoms with Gasteiger partial charge in [0.15, 0.2) is 0 Å². The summed E-state index contributed by atoms with van der Waals surface area (Å²) in [5.74, 6) is 0. The van der Waals surface area contributed by atoms with Crippen LogP contribution >= 0.6 is 0 Å². The first-order valence-electron chi connectivity index (χ1n) is 6.24. The van der Waals surface area contributed by atoms with Crippen LogP contribution in [0.5, 0.6) is 0 Å². The first-order valence-corrected chi connectivity index (χ1v) is 6.24. The second kappa shape index (κ2) is 4.69. The number of aromatic nitrogens is 2. The van der Waals surface area contributed by atoms with Crippen molar-refractivity contribution in [2.45, 2.75) is 13.5 Å². The van der Waals surface area contributed by atoms with Gasteiger partial charge in [-0.2, -0.15) is 0 Å². The van der Waals surface area contributed by atoms with Gasteiger partial charge in [-0.1, -0.05) is 42.0 Å². The largest absolute Gasteiger partial charge is 0.301 e. The van der Waals surface area contributed by atoms with Gasteiger partial charge >= 0.3 is 0 Å². The smallest absolute Gasteiger partial charge is 0.269 e. The molecule has 3 nitrogen and oxygen atoms in total. The average molecular weight is 250 g/mol. The Bertz CT molecular complexity index is 773. The number of hydrogen-bond donors (Lipinski definition) is 0. The van der Waals surface area contributed by atoms with Crippen molar-refractivity contribution in [3.05, 3.63) is 76.2 Å². The molecule has 1 aromatic heterocycles. The second-order valence-electron chi connectivity index (χ2n) is 4.66. The van der Waals surface area contributed by atoms with Gasteiger partial charge in [0, 0.05) is 0 Å². The van der Waals surface area contributed by atoms with Crippen molar-refractivity contribution in [2.75, 3.05) is 0 Å². The molecule has 0 amide bonds. The maximum atomic E-state index is 12.0. The fraction of sp³-hybridized carbons (Fsp3) is 0.125. The topological polar surface area (TPSA) is 34.9 Å². The van der Waals surface area contributed by atoms with Crippen LogP contribution < -0.4 is 5.56 Å². The first kappa shape index (κ1) is 11.7. The minimum Gasteiger partial charge on any atom is -0.301 e. The number of aryl methyl sites for hydroxylation is 1. The van der Waals surface area contributed by atoms with Crippen LogP contribution in [0.2, 0.25) is 0 Å². The quantitative estimate of drug-likeness (QED) is 0.701. The lowest BCUT2D eigenvalue weighted by Gasteiger charge is -2.09. The molecule has 3 rings (SSSR count). The summed E-state index contributed by atoms with van der Waals surface area (Å²) in [4.78, 5) is 16.2. The fourth-order valence-electron chi connectivity index (χ4n) is 2.15. The molecule has 3 heteroatoms. The van der Waals surface area contributed by atoms with Gasteiger partial charge in [-0.3, -0.25) is 4.79 Å². The molecule has 3 aromatic rings. The van der Waals surface area contributed by atoms with Gasteiger partial charge in [0.1, 0.15) is 0 Å². The molecule has 0 bridgehead atoms. The molecule has 0 aliphatic heterocycles. The number of hydrogen-bond acceptors (Lipinski definition) is 2. The van der Waals surface area contributed by atoms with Gasteiger partial charge in [0.25, 0.3) is 5.56 Å². The number of fused-ring (bicyclic) bond motifs is 1. The van der Waals surface area contributed by atoms with Crippen LogP contribution in [0, 0.1) is 6.92 Å². The minimum atomic E-state index is -0.0701. The van der Waals surface area contributed by atoms with Crippen molar-refractivity contribution in [1.29, 1.82) is 0 Å². The Kier molecular flexibility index (Phi) is 2.88. The van der Waals surface area contributed by atoms with Crippen LogP contribution in [-0.2, 0) is 6.54 Å². The third kappa shape index (κ3) is 2.27. The summed E-state index contributed by atoms with van der Waals surface area (Å²) in [6.07, 6.45) is 1.39. The maximum absolute atomic E-state index is 12.0. The molecule has 0 aliphatic rings. The monoisotopic (exact) mass is 250 g/mol. The molecule has 0 fully saturated rings. The number of nitrogens with zero attached hydrogens (tertiary/aromatic N) is 2. The maximum Gasteiger partial charge on any atom is 0.269 e. The van der Waals surface area contributed by atoms with E-state index in [2.05, 4.69) is 36.2 Å². The molecule has 1 heterocycles.